The van der Waals surface area contributed by atoms with Gasteiger partial charge in [0.1, 0.15) is 5.69 Å². The van der Waals surface area contributed by atoms with Gasteiger partial charge < -0.3 is 0 Å². The molecule has 1 rings (SSSR count). The zero-order chi connectivity index (χ0) is 11.7. The topological polar surface area (TPSA) is 12.4 Å². The van der Waals surface area contributed by atoms with Crippen molar-refractivity contribution < 1.29 is 26.3 Å². The molecule has 82 valence electrons. The van der Waals surface area contributed by atoms with Crippen LogP contribution in [0.5, 0.6) is 0 Å². The van der Waals surface area contributed by atoms with Crippen LogP contribution in [0.15, 0.2) is 4.99 Å². The number of hydrogen-bond donors (Lipinski definition) is 0. The quantitative estimate of drug-likeness (QED) is 0.311. The van der Waals surface area contributed by atoms with Crippen molar-refractivity contribution in [2.45, 2.75) is 0 Å². The van der Waals surface area contributed by atoms with Crippen LogP contribution in [0.3, 0.4) is 0 Å². The summed E-state index contributed by atoms with van der Waals surface area (Å²) in [6.07, 6.45) is 0. The van der Waals surface area contributed by atoms with Crippen molar-refractivity contribution in [2.75, 3.05) is 0 Å². The lowest BCUT2D eigenvalue weighted by Crippen LogP contribution is -2.00. The molecule has 0 radical (unpaired) electrons. The Morgan fingerprint density at radius 2 is 1.13 bits per heavy atom. The Hall–Kier alpha value is -1.24. The second-order valence-corrected chi connectivity index (χ2v) is 2.58. The lowest BCUT2D eigenvalue weighted by Gasteiger charge is -2.02. The molecule has 1 aromatic carbocycles. The minimum atomic E-state index is -2.35. The number of aliphatic imine (C=N–C) groups is 1. The van der Waals surface area contributed by atoms with Crippen LogP contribution < -0.4 is 0 Å². The SMILES string of the molecule is FC(Cl)=Nc1c(F)c(F)c(F)c(F)c1F. The van der Waals surface area contributed by atoms with Crippen LogP contribution in [0, 0.1) is 29.1 Å². The van der Waals surface area contributed by atoms with E-state index in [1.807, 2.05) is 0 Å². The Balaban J connectivity index is 3.60. The fourth-order valence-electron chi connectivity index (χ4n) is 0.776. The molecule has 0 fully saturated rings. The summed E-state index contributed by atoms with van der Waals surface area (Å²) < 4.78 is 74.7. The monoisotopic (exact) mass is 247 g/mol. The average molecular weight is 248 g/mol. The van der Waals surface area contributed by atoms with E-state index < -0.39 is 40.2 Å². The third-order valence-corrected chi connectivity index (χ3v) is 1.47. The third-order valence-electron chi connectivity index (χ3n) is 1.38. The zero-order valence-corrected chi connectivity index (χ0v) is 7.35. The highest BCUT2D eigenvalue weighted by molar-refractivity contribution is 6.62. The summed E-state index contributed by atoms with van der Waals surface area (Å²) in [5.41, 5.74) is -3.52. The minimum absolute atomic E-state index is 1.67. The van der Waals surface area contributed by atoms with Gasteiger partial charge in [0.2, 0.25) is 5.82 Å². The first-order chi connectivity index (χ1) is 6.86. The summed E-state index contributed by atoms with van der Waals surface area (Å²) in [6.45, 7) is 0. The first-order valence-electron chi connectivity index (χ1n) is 3.27. The maximum Gasteiger partial charge on any atom is 0.282 e. The van der Waals surface area contributed by atoms with E-state index in [2.05, 4.69) is 16.6 Å². The molecule has 0 unspecified atom stereocenters. The summed E-state index contributed by atoms with van der Waals surface area (Å²) in [5, 5.41) is 0. The average Bonchev–Trinajstić information content (AvgIpc) is 2.18. The maximum absolute atomic E-state index is 12.7. The summed E-state index contributed by atoms with van der Waals surface area (Å²) in [7, 11) is 0. The highest BCUT2D eigenvalue weighted by atomic mass is 35.5. The van der Waals surface area contributed by atoms with Crippen LogP contribution in [0.1, 0.15) is 0 Å². The second kappa shape index (κ2) is 4.09. The van der Waals surface area contributed by atoms with E-state index in [1.165, 1.54) is 0 Å². The van der Waals surface area contributed by atoms with E-state index in [-0.39, 0.29) is 0 Å². The summed E-state index contributed by atoms with van der Waals surface area (Å²) in [5.74, 6) is -11.3. The largest absolute Gasteiger partial charge is 0.282 e. The van der Waals surface area contributed by atoms with Gasteiger partial charge in [-0.2, -0.15) is 4.39 Å². The zero-order valence-electron chi connectivity index (χ0n) is 6.59. The van der Waals surface area contributed by atoms with Gasteiger partial charge >= 0.3 is 0 Å². The molecule has 15 heavy (non-hydrogen) atoms. The number of nitrogens with zero attached hydrogens (tertiary/aromatic N) is 1. The Bertz CT molecular complexity index is 411. The Morgan fingerprint density at radius 3 is 1.47 bits per heavy atom. The molecule has 0 saturated heterocycles. The first-order valence-corrected chi connectivity index (χ1v) is 3.65. The van der Waals surface area contributed by atoms with E-state index in [9.17, 15) is 26.3 Å². The predicted octanol–water partition coefficient (Wildman–Crippen LogP) is 3.58. The van der Waals surface area contributed by atoms with Gasteiger partial charge in [-0.25, -0.2) is 26.9 Å². The van der Waals surface area contributed by atoms with Crippen molar-refractivity contribution in [3.63, 3.8) is 0 Å². The van der Waals surface area contributed by atoms with Gasteiger partial charge in [0.25, 0.3) is 5.42 Å². The molecule has 8 heteroatoms. The van der Waals surface area contributed by atoms with Gasteiger partial charge in [0.05, 0.1) is 0 Å². The van der Waals surface area contributed by atoms with Gasteiger partial charge in [-0.05, 0) is 11.6 Å². The van der Waals surface area contributed by atoms with Gasteiger partial charge in [-0.15, -0.1) is 0 Å². The van der Waals surface area contributed by atoms with Crippen LogP contribution in [0.2, 0.25) is 0 Å². The maximum atomic E-state index is 12.7. The molecular formula is C7ClF6N. The molecule has 0 N–H and O–H groups in total. The Morgan fingerprint density at radius 1 is 0.800 bits per heavy atom. The molecule has 0 aliphatic carbocycles. The Kier molecular flexibility index (Phi) is 3.23. The summed E-state index contributed by atoms with van der Waals surface area (Å²) >= 11 is 4.51. The van der Waals surface area contributed by atoms with E-state index >= 15 is 0 Å². The molecule has 0 aliphatic heterocycles. The number of halogens is 7. The highest BCUT2D eigenvalue weighted by Crippen LogP contribution is 2.29. The first kappa shape index (κ1) is 11.8. The predicted molar refractivity (Wildman–Crippen MR) is 40.3 cm³/mol. The fraction of sp³-hybridized carbons (Fsp3) is 0. The van der Waals surface area contributed by atoms with Gasteiger partial charge in [0.15, 0.2) is 23.3 Å². The number of hydrogen-bond acceptors (Lipinski definition) is 1. The molecule has 0 aliphatic rings. The summed E-state index contributed by atoms with van der Waals surface area (Å²) in [6, 6.07) is 0. The van der Waals surface area contributed by atoms with E-state index in [1.54, 1.807) is 0 Å². The van der Waals surface area contributed by atoms with Crippen LogP contribution >= 0.6 is 11.6 Å². The van der Waals surface area contributed by atoms with Crippen molar-refractivity contribution in [1.82, 2.24) is 0 Å². The summed E-state index contributed by atoms with van der Waals surface area (Å²) in [4.78, 5) is 2.34. The van der Waals surface area contributed by atoms with Crippen molar-refractivity contribution >= 4 is 22.7 Å². The molecule has 0 bridgehead atoms. The number of rotatable bonds is 1. The van der Waals surface area contributed by atoms with Crippen molar-refractivity contribution in [1.29, 1.82) is 0 Å². The van der Waals surface area contributed by atoms with Crippen LogP contribution in [-0.4, -0.2) is 5.42 Å². The molecule has 1 aromatic rings. The highest BCUT2D eigenvalue weighted by Gasteiger charge is 2.25. The number of benzene rings is 1. The third kappa shape index (κ3) is 2.06. The molecule has 0 heterocycles. The molecule has 0 atom stereocenters. The smallest absolute Gasteiger partial charge is 0.203 e. The van der Waals surface area contributed by atoms with E-state index in [4.69, 9.17) is 0 Å². The van der Waals surface area contributed by atoms with Gasteiger partial charge in [-0.3, -0.25) is 0 Å². The van der Waals surface area contributed by atoms with Gasteiger partial charge in [0, 0.05) is 0 Å². The van der Waals surface area contributed by atoms with Crippen molar-refractivity contribution in [3.8, 4) is 0 Å². The molecular weight excluding hydrogens is 248 g/mol. The van der Waals surface area contributed by atoms with Crippen LogP contribution in [-0.2, 0) is 0 Å². The lowest BCUT2D eigenvalue weighted by molar-refractivity contribution is 0.381. The minimum Gasteiger partial charge on any atom is -0.203 e. The molecule has 0 saturated carbocycles. The molecule has 1 nitrogen and oxygen atoms in total. The van der Waals surface area contributed by atoms with E-state index in [0.717, 1.165) is 0 Å². The van der Waals surface area contributed by atoms with Crippen LogP contribution in [0.4, 0.5) is 32.0 Å². The van der Waals surface area contributed by atoms with E-state index in [0.29, 0.717) is 0 Å². The molecule has 0 amide bonds. The van der Waals surface area contributed by atoms with Crippen LogP contribution in [0.25, 0.3) is 0 Å². The second-order valence-electron chi connectivity index (χ2n) is 2.27. The molecule has 0 spiro atoms. The van der Waals surface area contributed by atoms with Gasteiger partial charge in [-0.1, -0.05) is 0 Å². The van der Waals surface area contributed by atoms with Crippen molar-refractivity contribution in [2.24, 2.45) is 4.99 Å². The lowest BCUT2D eigenvalue weighted by atomic mass is 10.2. The standard InChI is InChI=1S/C7ClF6N/c8-7(14)15-6-4(12)2(10)1(9)3(11)5(6)13. The van der Waals surface area contributed by atoms with Crippen molar-refractivity contribution in [3.05, 3.63) is 29.1 Å². The fourth-order valence-corrected chi connectivity index (χ4v) is 0.861. The normalized spacial score (nSPS) is 12.1. The Labute approximate surface area is 84.0 Å². The molecule has 0 aromatic heterocycles.